The first-order chi connectivity index (χ1) is 8.95. The van der Waals surface area contributed by atoms with Crippen molar-refractivity contribution in [1.82, 2.24) is 10.2 Å². The van der Waals surface area contributed by atoms with Gasteiger partial charge in [-0.3, -0.25) is 4.79 Å². The summed E-state index contributed by atoms with van der Waals surface area (Å²) in [6, 6.07) is 0.360. The number of carbonyl (C=O) groups is 1. The van der Waals surface area contributed by atoms with E-state index >= 15 is 0 Å². The van der Waals surface area contributed by atoms with Crippen molar-refractivity contribution in [2.75, 3.05) is 26.7 Å². The number of hydrogen-bond donors (Lipinski definition) is 1. The van der Waals surface area contributed by atoms with E-state index in [1.165, 1.54) is 12.8 Å². The number of rotatable bonds is 10. The van der Waals surface area contributed by atoms with E-state index in [9.17, 15) is 4.79 Å². The molecule has 114 valence electrons. The van der Waals surface area contributed by atoms with E-state index in [0.29, 0.717) is 12.6 Å². The molecule has 19 heavy (non-hydrogen) atoms. The summed E-state index contributed by atoms with van der Waals surface area (Å²) in [6.45, 7) is 12.9. The van der Waals surface area contributed by atoms with E-state index in [4.69, 9.17) is 4.74 Å². The van der Waals surface area contributed by atoms with Gasteiger partial charge in [0.1, 0.15) is 5.54 Å². The normalized spacial score (nSPS) is 16.2. The molecule has 0 radical (unpaired) electrons. The predicted octanol–water partition coefficient (Wildman–Crippen LogP) is 2.43. The first-order valence-corrected chi connectivity index (χ1v) is 7.55. The monoisotopic (exact) mass is 272 g/mol. The minimum atomic E-state index is -0.602. The second-order valence-corrected chi connectivity index (χ2v) is 5.34. The van der Waals surface area contributed by atoms with Crippen LogP contribution in [0.1, 0.15) is 53.9 Å². The van der Waals surface area contributed by atoms with Gasteiger partial charge in [0.05, 0.1) is 6.61 Å². The Morgan fingerprint density at radius 2 is 2.00 bits per heavy atom. The van der Waals surface area contributed by atoms with Crippen LogP contribution in [-0.4, -0.2) is 49.2 Å². The molecule has 0 aliphatic rings. The lowest BCUT2D eigenvalue weighted by Gasteiger charge is -2.35. The van der Waals surface area contributed by atoms with Gasteiger partial charge in [-0.25, -0.2) is 0 Å². The van der Waals surface area contributed by atoms with Crippen molar-refractivity contribution < 1.29 is 9.53 Å². The molecule has 0 fully saturated rings. The van der Waals surface area contributed by atoms with Crippen molar-refractivity contribution in [3.05, 3.63) is 0 Å². The lowest BCUT2D eigenvalue weighted by molar-refractivity contribution is -0.151. The Kier molecular flexibility index (Phi) is 9.02. The molecule has 0 aliphatic heterocycles. The maximum atomic E-state index is 12.1. The first kappa shape index (κ1) is 18.4. The van der Waals surface area contributed by atoms with Gasteiger partial charge in [-0.05, 0) is 53.8 Å². The van der Waals surface area contributed by atoms with Crippen LogP contribution < -0.4 is 5.32 Å². The number of unbranched alkanes of at least 4 members (excludes halogenated alkanes) is 1. The summed E-state index contributed by atoms with van der Waals surface area (Å²) < 4.78 is 5.17. The van der Waals surface area contributed by atoms with Gasteiger partial charge in [-0.1, -0.05) is 20.3 Å². The van der Waals surface area contributed by atoms with Crippen molar-refractivity contribution in [3.8, 4) is 0 Å². The second-order valence-electron chi connectivity index (χ2n) is 5.34. The van der Waals surface area contributed by atoms with Gasteiger partial charge in [-0.15, -0.1) is 0 Å². The molecule has 0 bridgehead atoms. The minimum absolute atomic E-state index is 0.157. The van der Waals surface area contributed by atoms with E-state index in [1.807, 2.05) is 20.9 Å². The summed E-state index contributed by atoms with van der Waals surface area (Å²) >= 11 is 0. The zero-order valence-electron chi connectivity index (χ0n) is 13.6. The average molecular weight is 272 g/mol. The largest absolute Gasteiger partial charge is 0.465 e. The van der Waals surface area contributed by atoms with Crippen molar-refractivity contribution in [1.29, 1.82) is 0 Å². The van der Waals surface area contributed by atoms with Crippen molar-refractivity contribution in [3.63, 3.8) is 0 Å². The summed E-state index contributed by atoms with van der Waals surface area (Å²) in [5.41, 5.74) is -0.602. The summed E-state index contributed by atoms with van der Waals surface area (Å²) in [4.78, 5) is 14.5. The van der Waals surface area contributed by atoms with Crippen LogP contribution >= 0.6 is 0 Å². The molecule has 2 atom stereocenters. The van der Waals surface area contributed by atoms with Crippen LogP contribution in [0.15, 0.2) is 0 Å². The van der Waals surface area contributed by atoms with Gasteiger partial charge in [0.25, 0.3) is 0 Å². The Morgan fingerprint density at radius 1 is 1.37 bits per heavy atom. The Labute approximate surface area is 118 Å². The molecule has 4 heteroatoms. The van der Waals surface area contributed by atoms with Gasteiger partial charge >= 0.3 is 5.97 Å². The van der Waals surface area contributed by atoms with Crippen molar-refractivity contribution in [2.45, 2.75) is 65.5 Å². The lowest BCUT2D eigenvalue weighted by atomic mass is 9.93. The maximum absolute atomic E-state index is 12.1. The standard InChI is InChI=1S/C15H32N2O2/c1-7-10-11-17(8-2)13(4)12-15(5,16-6)14(18)19-9-3/h13,16H,7-12H2,1-6H3. The fourth-order valence-electron chi connectivity index (χ4n) is 2.35. The van der Waals surface area contributed by atoms with Gasteiger partial charge in [0.15, 0.2) is 0 Å². The number of ether oxygens (including phenoxy) is 1. The highest BCUT2D eigenvalue weighted by Crippen LogP contribution is 2.18. The summed E-state index contributed by atoms with van der Waals surface area (Å²) in [6.07, 6.45) is 3.16. The molecule has 0 saturated carbocycles. The number of nitrogens with zero attached hydrogens (tertiary/aromatic N) is 1. The molecule has 0 aromatic carbocycles. The molecular formula is C15H32N2O2. The van der Waals surface area contributed by atoms with Crippen LogP contribution in [0.2, 0.25) is 0 Å². The van der Waals surface area contributed by atoms with Gasteiger partial charge in [0.2, 0.25) is 0 Å². The molecule has 0 spiro atoms. The molecular weight excluding hydrogens is 240 g/mol. The molecule has 1 N–H and O–H groups in total. The van der Waals surface area contributed by atoms with Crippen LogP contribution in [-0.2, 0) is 9.53 Å². The van der Waals surface area contributed by atoms with Crippen LogP contribution in [0.3, 0.4) is 0 Å². The number of esters is 1. The second kappa shape index (κ2) is 9.32. The van der Waals surface area contributed by atoms with Gasteiger partial charge in [0, 0.05) is 6.04 Å². The number of likely N-dealkylation sites (N-methyl/N-ethyl adjacent to an activating group) is 1. The number of hydrogen-bond acceptors (Lipinski definition) is 4. The topological polar surface area (TPSA) is 41.6 Å². The SMILES string of the molecule is CCCCN(CC)C(C)CC(C)(NC)C(=O)OCC. The molecule has 0 heterocycles. The molecule has 4 nitrogen and oxygen atoms in total. The summed E-state index contributed by atoms with van der Waals surface area (Å²) in [7, 11) is 1.83. The lowest BCUT2D eigenvalue weighted by Crippen LogP contribution is -2.53. The van der Waals surface area contributed by atoms with E-state index < -0.39 is 5.54 Å². The molecule has 0 aliphatic carbocycles. The van der Waals surface area contributed by atoms with Gasteiger partial charge in [-0.2, -0.15) is 0 Å². The van der Waals surface area contributed by atoms with Crippen molar-refractivity contribution in [2.24, 2.45) is 0 Å². The molecule has 0 amide bonds. The third-order valence-electron chi connectivity index (χ3n) is 3.81. The highest BCUT2D eigenvalue weighted by Gasteiger charge is 2.35. The van der Waals surface area contributed by atoms with Crippen LogP contribution in [0, 0.1) is 0 Å². The fourth-order valence-corrected chi connectivity index (χ4v) is 2.35. The van der Waals surface area contributed by atoms with Crippen LogP contribution in [0.5, 0.6) is 0 Å². The zero-order chi connectivity index (χ0) is 14.9. The average Bonchev–Trinajstić information content (AvgIpc) is 2.39. The predicted molar refractivity (Wildman–Crippen MR) is 80.3 cm³/mol. The Hall–Kier alpha value is -0.610. The fraction of sp³-hybridized carbons (Fsp3) is 0.933. The molecule has 0 rings (SSSR count). The third kappa shape index (κ3) is 5.91. The summed E-state index contributed by atoms with van der Waals surface area (Å²) in [5, 5.41) is 3.13. The molecule has 2 unspecified atom stereocenters. The van der Waals surface area contributed by atoms with Gasteiger partial charge < -0.3 is 15.0 Å². The highest BCUT2D eigenvalue weighted by molar-refractivity contribution is 5.80. The molecule has 0 saturated heterocycles. The zero-order valence-corrected chi connectivity index (χ0v) is 13.6. The van der Waals surface area contributed by atoms with Crippen LogP contribution in [0.25, 0.3) is 0 Å². The van der Waals surface area contributed by atoms with E-state index in [1.54, 1.807) is 0 Å². The Morgan fingerprint density at radius 3 is 2.42 bits per heavy atom. The Balaban J connectivity index is 4.61. The smallest absolute Gasteiger partial charge is 0.326 e. The number of nitrogens with one attached hydrogen (secondary N) is 1. The third-order valence-corrected chi connectivity index (χ3v) is 3.81. The quantitative estimate of drug-likeness (QED) is 0.620. The van der Waals surface area contributed by atoms with Crippen LogP contribution in [0.4, 0.5) is 0 Å². The van der Waals surface area contributed by atoms with Crippen molar-refractivity contribution >= 4 is 5.97 Å². The highest BCUT2D eigenvalue weighted by atomic mass is 16.5. The Bertz CT molecular complexity index is 259. The maximum Gasteiger partial charge on any atom is 0.326 e. The van der Waals surface area contributed by atoms with E-state index in [0.717, 1.165) is 19.5 Å². The molecule has 0 aromatic rings. The first-order valence-electron chi connectivity index (χ1n) is 7.55. The van der Waals surface area contributed by atoms with E-state index in [2.05, 4.69) is 31.0 Å². The minimum Gasteiger partial charge on any atom is -0.465 e. The number of carbonyl (C=O) groups excluding carboxylic acids is 1. The summed E-state index contributed by atoms with van der Waals surface area (Å²) in [5.74, 6) is -0.157. The van der Waals surface area contributed by atoms with E-state index in [-0.39, 0.29) is 5.97 Å². The molecule has 0 aromatic heterocycles.